The van der Waals surface area contributed by atoms with Gasteiger partial charge in [-0.2, -0.15) is 0 Å². The molecular formula is C16H25ClFNO. The molecule has 114 valence electrons. The molecule has 0 heterocycles. The zero-order valence-electron chi connectivity index (χ0n) is 12.8. The molecule has 2 nitrogen and oxygen atoms in total. The number of rotatable bonds is 8. The van der Waals surface area contributed by atoms with E-state index < -0.39 is 0 Å². The largest absolute Gasteiger partial charge is 0.383 e. The standard InChI is InChI=1S/C16H25ClFNO/c1-12(2)16(3,11-19-7-8-20-4)10-13-9-14(17)5-6-15(13)18/h5-6,9,12,19H,7-8,10-11H2,1-4H3. The van der Waals surface area contributed by atoms with Crippen LogP contribution in [0.3, 0.4) is 0 Å². The Labute approximate surface area is 126 Å². The molecule has 1 aromatic carbocycles. The zero-order chi connectivity index (χ0) is 15.2. The predicted molar refractivity (Wildman–Crippen MR) is 82.8 cm³/mol. The quantitative estimate of drug-likeness (QED) is 0.735. The SMILES string of the molecule is COCCNCC(C)(Cc1cc(Cl)ccc1F)C(C)C. The van der Waals surface area contributed by atoms with Crippen LogP contribution in [0.4, 0.5) is 4.39 Å². The molecular weight excluding hydrogens is 277 g/mol. The van der Waals surface area contributed by atoms with Crippen molar-refractivity contribution in [2.75, 3.05) is 26.8 Å². The molecule has 0 aliphatic rings. The van der Waals surface area contributed by atoms with Crippen LogP contribution in [0.5, 0.6) is 0 Å². The Morgan fingerprint density at radius 1 is 1.40 bits per heavy atom. The van der Waals surface area contributed by atoms with Gasteiger partial charge in [0.05, 0.1) is 6.61 Å². The van der Waals surface area contributed by atoms with E-state index in [9.17, 15) is 4.39 Å². The molecule has 1 unspecified atom stereocenters. The Morgan fingerprint density at radius 3 is 2.70 bits per heavy atom. The molecule has 0 fully saturated rings. The highest BCUT2D eigenvalue weighted by Gasteiger charge is 2.29. The highest BCUT2D eigenvalue weighted by atomic mass is 35.5. The van der Waals surface area contributed by atoms with Crippen molar-refractivity contribution < 1.29 is 9.13 Å². The molecule has 0 radical (unpaired) electrons. The number of nitrogens with one attached hydrogen (secondary N) is 1. The lowest BCUT2D eigenvalue weighted by atomic mass is 9.74. The van der Waals surface area contributed by atoms with Crippen LogP contribution in [0.25, 0.3) is 0 Å². The van der Waals surface area contributed by atoms with E-state index >= 15 is 0 Å². The zero-order valence-corrected chi connectivity index (χ0v) is 13.6. The maximum Gasteiger partial charge on any atom is 0.126 e. The molecule has 1 atom stereocenters. The minimum Gasteiger partial charge on any atom is -0.383 e. The number of methoxy groups -OCH3 is 1. The summed E-state index contributed by atoms with van der Waals surface area (Å²) in [5.74, 6) is 0.245. The first-order valence-corrected chi connectivity index (χ1v) is 7.40. The lowest BCUT2D eigenvalue weighted by molar-refractivity contribution is 0.174. The van der Waals surface area contributed by atoms with Crippen molar-refractivity contribution >= 4 is 11.6 Å². The maximum atomic E-state index is 13.9. The molecule has 0 aliphatic carbocycles. The molecule has 1 aromatic rings. The van der Waals surface area contributed by atoms with Crippen LogP contribution >= 0.6 is 11.6 Å². The van der Waals surface area contributed by atoms with E-state index in [1.165, 1.54) is 6.07 Å². The number of hydrogen-bond acceptors (Lipinski definition) is 2. The summed E-state index contributed by atoms with van der Waals surface area (Å²) in [5, 5.41) is 3.97. The van der Waals surface area contributed by atoms with Crippen molar-refractivity contribution in [3.63, 3.8) is 0 Å². The van der Waals surface area contributed by atoms with Crippen molar-refractivity contribution in [2.45, 2.75) is 27.2 Å². The second-order valence-corrected chi connectivity index (χ2v) is 6.33. The summed E-state index contributed by atoms with van der Waals surface area (Å²) < 4.78 is 18.9. The maximum absolute atomic E-state index is 13.9. The fourth-order valence-corrected chi connectivity index (χ4v) is 2.33. The summed E-state index contributed by atoms with van der Waals surface area (Å²) in [6.45, 7) is 8.81. The lowest BCUT2D eigenvalue weighted by Crippen LogP contribution is -2.39. The van der Waals surface area contributed by atoms with Crippen molar-refractivity contribution in [1.82, 2.24) is 5.32 Å². The molecule has 20 heavy (non-hydrogen) atoms. The van der Waals surface area contributed by atoms with Gasteiger partial charge >= 0.3 is 0 Å². The van der Waals surface area contributed by atoms with Crippen molar-refractivity contribution in [1.29, 1.82) is 0 Å². The van der Waals surface area contributed by atoms with Gasteiger partial charge in [0.1, 0.15) is 5.82 Å². The summed E-state index contributed by atoms with van der Waals surface area (Å²) in [4.78, 5) is 0. The normalized spacial score (nSPS) is 14.6. The summed E-state index contributed by atoms with van der Waals surface area (Å²) in [5.41, 5.74) is 0.654. The molecule has 4 heteroatoms. The number of benzene rings is 1. The third-order valence-electron chi connectivity index (χ3n) is 4.01. The number of halogens is 2. The van der Waals surface area contributed by atoms with Crippen LogP contribution in [0.15, 0.2) is 18.2 Å². The van der Waals surface area contributed by atoms with Gasteiger partial charge in [-0.3, -0.25) is 0 Å². The molecule has 0 bridgehead atoms. The predicted octanol–water partition coefficient (Wildman–Crippen LogP) is 3.92. The number of ether oxygens (including phenoxy) is 1. The van der Waals surface area contributed by atoms with Crippen LogP contribution in [-0.2, 0) is 11.2 Å². The van der Waals surface area contributed by atoms with Crippen molar-refractivity contribution in [3.05, 3.63) is 34.6 Å². The summed E-state index contributed by atoms with van der Waals surface area (Å²) in [7, 11) is 1.69. The van der Waals surface area contributed by atoms with Gasteiger partial charge in [-0.15, -0.1) is 0 Å². The highest BCUT2D eigenvalue weighted by Crippen LogP contribution is 2.32. The van der Waals surface area contributed by atoms with E-state index in [1.54, 1.807) is 19.2 Å². The van der Waals surface area contributed by atoms with Crippen LogP contribution < -0.4 is 5.32 Å². The van der Waals surface area contributed by atoms with Gasteiger partial charge in [-0.05, 0) is 41.5 Å². The van der Waals surface area contributed by atoms with E-state index in [2.05, 4.69) is 26.1 Å². The van der Waals surface area contributed by atoms with Crippen LogP contribution in [-0.4, -0.2) is 26.8 Å². The van der Waals surface area contributed by atoms with E-state index in [0.717, 1.165) is 13.1 Å². The minimum atomic E-state index is -0.182. The first kappa shape index (κ1) is 17.4. The Morgan fingerprint density at radius 2 is 2.10 bits per heavy atom. The molecule has 0 saturated heterocycles. The third-order valence-corrected chi connectivity index (χ3v) is 4.24. The van der Waals surface area contributed by atoms with Crippen LogP contribution in [0, 0.1) is 17.2 Å². The third kappa shape index (κ3) is 5.04. The Hall–Kier alpha value is -0.640. The van der Waals surface area contributed by atoms with E-state index in [-0.39, 0.29) is 11.2 Å². The van der Waals surface area contributed by atoms with E-state index in [4.69, 9.17) is 16.3 Å². The van der Waals surface area contributed by atoms with Gasteiger partial charge in [0.25, 0.3) is 0 Å². The van der Waals surface area contributed by atoms with Crippen LogP contribution in [0.1, 0.15) is 26.3 Å². The van der Waals surface area contributed by atoms with E-state index in [1.807, 2.05) is 0 Å². The first-order valence-electron chi connectivity index (χ1n) is 7.02. The van der Waals surface area contributed by atoms with Crippen LogP contribution in [0.2, 0.25) is 5.02 Å². The van der Waals surface area contributed by atoms with Gasteiger partial charge in [0.2, 0.25) is 0 Å². The minimum absolute atomic E-state index is 0.0285. The van der Waals surface area contributed by atoms with Gasteiger partial charge in [-0.1, -0.05) is 32.4 Å². The molecule has 0 aliphatic heterocycles. The fraction of sp³-hybridized carbons (Fsp3) is 0.625. The second kappa shape index (κ2) is 7.96. The summed E-state index contributed by atoms with van der Waals surface area (Å²) >= 11 is 5.97. The monoisotopic (exact) mass is 301 g/mol. The van der Waals surface area contributed by atoms with Gasteiger partial charge in [0.15, 0.2) is 0 Å². The lowest BCUT2D eigenvalue weighted by Gasteiger charge is -2.34. The average Bonchev–Trinajstić information content (AvgIpc) is 2.39. The Bertz CT molecular complexity index is 425. The van der Waals surface area contributed by atoms with Gasteiger partial charge < -0.3 is 10.1 Å². The van der Waals surface area contributed by atoms with Crippen molar-refractivity contribution in [2.24, 2.45) is 11.3 Å². The molecule has 1 N–H and O–H groups in total. The Kier molecular flexibility index (Phi) is 6.93. The molecule has 0 aromatic heterocycles. The fourth-order valence-electron chi connectivity index (χ4n) is 2.13. The number of hydrogen-bond donors (Lipinski definition) is 1. The second-order valence-electron chi connectivity index (χ2n) is 5.89. The topological polar surface area (TPSA) is 21.3 Å². The molecule has 0 amide bonds. The van der Waals surface area contributed by atoms with Gasteiger partial charge in [-0.25, -0.2) is 4.39 Å². The smallest absolute Gasteiger partial charge is 0.126 e. The summed E-state index contributed by atoms with van der Waals surface area (Å²) in [6, 6.07) is 4.76. The molecule has 0 saturated carbocycles. The first-order chi connectivity index (χ1) is 9.39. The van der Waals surface area contributed by atoms with E-state index in [0.29, 0.717) is 29.5 Å². The average molecular weight is 302 g/mol. The molecule has 1 rings (SSSR count). The van der Waals surface area contributed by atoms with Gasteiger partial charge in [0, 0.05) is 25.2 Å². The Balaban J connectivity index is 2.77. The molecule has 0 spiro atoms. The van der Waals surface area contributed by atoms with Crippen molar-refractivity contribution in [3.8, 4) is 0 Å². The highest BCUT2D eigenvalue weighted by molar-refractivity contribution is 6.30. The summed E-state index contributed by atoms with van der Waals surface area (Å²) in [6.07, 6.45) is 0.664.